The van der Waals surface area contributed by atoms with E-state index < -0.39 is 0 Å². The standard InChI is InChI=1S/C5H11.2Al.O.3H/c1-4-5(2)3;;;;;;/h4-5H,1-3H3;;;;;;. The molecule has 0 aliphatic carbocycles. The first-order valence-corrected chi connectivity index (χ1v) is 5.38. The van der Waals surface area contributed by atoms with Crippen LogP contribution >= 0.6 is 0 Å². The van der Waals surface area contributed by atoms with Crippen LogP contribution in [0.25, 0.3) is 0 Å². The number of hydrogen-bond acceptors (Lipinski definition) is 1. The fourth-order valence-electron chi connectivity index (χ4n) is 0.455. The van der Waals surface area contributed by atoms with Gasteiger partial charge in [-0.3, -0.25) is 0 Å². The summed E-state index contributed by atoms with van der Waals surface area (Å²) >= 11 is 0.805. The van der Waals surface area contributed by atoms with Crippen LogP contribution in [-0.2, 0) is 2.84 Å². The van der Waals surface area contributed by atoms with E-state index in [1.807, 2.05) is 0 Å². The summed E-state index contributed by atoms with van der Waals surface area (Å²) in [4.78, 5) is 0. The van der Waals surface area contributed by atoms with Gasteiger partial charge in [0, 0.05) is 0 Å². The lowest BCUT2D eigenvalue weighted by Gasteiger charge is -2.11. The van der Waals surface area contributed by atoms with Gasteiger partial charge in [0.1, 0.15) is 0 Å². The Morgan fingerprint density at radius 3 is 2.00 bits per heavy atom. The highest BCUT2D eigenvalue weighted by Crippen LogP contribution is 2.13. The van der Waals surface area contributed by atoms with E-state index in [0.29, 0.717) is 0 Å². The summed E-state index contributed by atoms with van der Waals surface area (Å²) in [6, 6.07) is 0. The summed E-state index contributed by atoms with van der Waals surface area (Å²) in [7, 11) is 0. The van der Waals surface area contributed by atoms with Crippen LogP contribution in [0.4, 0.5) is 0 Å². The minimum atomic E-state index is -0.140. The summed E-state index contributed by atoms with van der Waals surface area (Å²) in [6.07, 6.45) is 0. The van der Waals surface area contributed by atoms with Crippen LogP contribution in [0.5, 0.6) is 0 Å². The molecule has 0 aromatic heterocycles. The Balaban J connectivity index is 3.17. The van der Waals surface area contributed by atoms with E-state index in [2.05, 4.69) is 20.8 Å². The van der Waals surface area contributed by atoms with Crippen LogP contribution in [0, 0.1) is 5.92 Å². The van der Waals surface area contributed by atoms with Gasteiger partial charge in [-0.05, 0) is 0 Å². The van der Waals surface area contributed by atoms with Crippen molar-refractivity contribution in [2.45, 2.75) is 25.6 Å². The van der Waals surface area contributed by atoms with Crippen molar-refractivity contribution in [3.63, 3.8) is 0 Å². The second-order valence-corrected chi connectivity index (χ2v) is 6.61. The summed E-state index contributed by atoms with van der Waals surface area (Å²) in [6.45, 7) is 6.81. The zero-order chi connectivity index (χ0) is 6.57. The van der Waals surface area contributed by atoms with Crippen LogP contribution < -0.4 is 0 Å². The summed E-state index contributed by atoms with van der Waals surface area (Å²) in [5.74, 6) is 0.829. The summed E-state index contributed by atoms with van der Waals surface area (Å²) < 4.78 is 6.11. The molecule has 0 heterocycles. The molecule has 1 nitrogen and oxygen atoms in total. The Kier molecular flexibility index (Phi) is 5.49. The first-order chi connectivity index (χ1) is 3.68. The van der Waals surface area contributed by atoms with Crippen molar-refractivity contribution in [3.05, 3.63) is 0 Å². The zero-order valence-corrected chi connectivity index (χ0v) is 9.68. The van der Waals surface area contributed by atoms with Gasteiger partial charge in [0.05, 0.1) is 0 Å². The monoisotopic (exact) mass is 144 g/mol. The molecule has 0 aromatic carbocycles. The van der Waals surface area contributed by atoms with E-state index in [1.165, 1.54) is 0 Å². The Labute approximate surface area is 66.6 Å². The van der Waals surface area contributed by atoms with Crippen molar-refractivity contribution >= 4 is 32.2 Å². The van der Waals surface area contributed by atoms with E-state index in [4.69, 9.17) is 2.84 Å². The first kappa shape index (κ1) is 9.02. The predicted octanol–water partition coefficient (Wildman–Crippen LogP) is 0.367. The maximum atomic E-state index is 5.24. The van der Waals surface area contributed by atoms with Gasteiger partial charge in [-0.1, -0.05) is 31.5 Å². The maximum absolute atomic E-state index is 5.24. The zero-order valence-electron chi connectivity index (χ0n) is 6.27. The molecule has 0 saturated heterocycles. The van der Waals surface area contributed by atoms with Gasteiger partial charge >= 0.3 is 32.2 Å². The molecule has 3 heteroatoms. The molecule has 8 heavy (non-hydrogen) atoms. The van der Waals surface area contributed by atoms with E-state index in [-0.39, 0.29) is 15.6 Å². The average molecular weight is 144 g/mol. The Morgan fingerprint density at radius 1 is 1.38 bits per heavy atom. The smallest absolute Gasteiger partial charge is 0.408 e. The van der Waals surface area contributed by atoms with Crippen LogP contribution in [0.1, 0.15) is 20.8 Å². The average Bonchev–Trinajstić information content (AvgIpc) is 1.67. The predicted molar refractivity (Wildman–Crippen MR) is 41.0 cm³/mol. The van der Waals surface area contributed by atoms with Gasteiger partial charge in [-0.15, -0.1) is 0 Å². The number of hydrogen-bond donors (Lipinski definition) is 0. The SMILES string of the molecule is CC(C)[CH](C)[AlH][O][AlH2]. The molecule has 0 N–H and O–H groups in total. The van der Waals surface area contributed by atoms with Crippen molar-refractivity contribution in [3.8, 4) is 0 Å². The molecule has 0 amide bonds. The molecular weight excluding hydrogens is 130 g/mol. The molecule has 1 unspecified atom stereocenters. The lowest BCUT2D eigenvalue weighted by Crippen LogP contribution is -2.08. The molecule has 0 aromatic rings. The van der Waals surface area contributed by atoms with Crippen molar-refractivity contribution in [2.24, 2.45) is 5.92 Å². The van der Waals surface area contributed by atoms with Crippen LogP contribution in [-0.4, -0.2) is 32.2 Å². The Hall–Kier alpha value is 1.02. The van der Waals surface area contributed by atoms with Crippen LogP contribution in [0.15, 0.2) is 0 Å². The van der Waals surface area contributed by atoms with Crippen molar-refractivity contribution < 1.29 is 2.84 Å². The Bertz CT molecular complexity index is 56.4. The van der Waals surface area contributed by atoms with Crippen molar-refractivity contribution in [2.75, 3.05) is 0 Å². The van der Waals surface area contributed by atoms with Crippen LogP contribution in [0.2, 0.25) is 4.78 Å². The topological polar surface area (TPSA) is 9.23 Å². The fourth-order valence-corrected chi connectivity index (χ4v) is 2.94. The minimum Gasteiger partial charge on any atom is -0.644 e. The third kappa shape index (κ3) is 3.96. The van der Waals surface area contributed by atoms with E-state index >= 15 is 0 Å². The summed E-state index contributed by atoms with van der Waals surface area (Å²) in [5.41, 5.74) is 0. The minimum absolute atomic E-state index is 0.140. The molecule has 0 spiro atoms. The highest BCUT2D eigenvalue weighted by Gasteiger charge is 2.08. The lowest BCUT2D eigenvalue weighted by atomic mass is 10.1. The molecule has 0 radical (unpaired) electrons. The van der Waals surface area contributed by atoms with E-state index in [1.54, 1.807) is 0 Å². The molecule has 0 bridgehead atoms. The molecule has 0 aliphatic rings. The third-order valence-corrected chi connectivity index (χ3v) is 4.37. The number of rotatable bonds is 3. The highest BCUT2D eigenvalue weighted by atomic mass is 27.2. The fraction of sp³-hybridized carbons (Fsp3) is 1.00. The molecule has 1 atom stereocenters. The quantitative estimate of drug-likeness (QED) is 0.520. The van der Waals surface area contributed by atoms with Gasteiger partial charge < -0.3 is 2.84 Å². The Morgan fingerprint density at radius 2 is 1.88 bits per heavy atom. The second-order valence-electron chi connectivity index (χ2n) is 2.68. The normalized spacial score (nSPS) is 14.0. The van der Waals surface area contributed by atoms with Gasteiger partial charge in [0.25, 0.3) is 0 Å². The van der Waals surface area contributed by atoms with Gasteiger partial charge in [-0.2, -0.15) is 0 Å². The highest BCUT2D eigenvalue weighted by molar-refractivity contribution is 6.36. The molecule has 0 saturated carbocycles. The largest absolute Gasteiger partial charge is 0.644 e. The van der Waals surface area contributed by atoms with E-state index in [9.17, 15) is 0 Å². The van der Waals surface area contributed by atoms with E-state index in [0.717, 1.165) is 27.3 Å². The lowest BCUT2D eigenvalue weighted by molar-refractivity contribution is 0.556. The molecule has 0 rings (SSSR count). The van der Waals surface area contributed by atoms with Gasteiger partial charge in [0.2, 0.25) is 0 Å². The summed E-state index contributed by atoms with van der Waals surface area (Å²) in [5, 5.41) is 0. The van der Waals surface area contributed by atoms with Crippen LogP contribution in [0.3, 0.4) is 0 Å². The maximum Gasteiger partial charge on any atom is 0.408 e. The van der Waals surface area contributed by atoms with Crippen molar-refractivity contribution in [1.82, 2.24) is 0 Å². The van der Waals surface area contributed by atoms with Gasteiger partial charge in [-0.25, -0.2) is 0 Å². The molecular formula is C5H14Al2O. The second kappa shape index (κ2) is 4.86. The molecule has 0 aliphatic heterocycles. The molecule has 46 valence electrons. The molecule has 0 fully saturated rings. The first-order valence-electron chi connectivity index (χ1n) is 3.17. The third-order valence-electron chi connectivity index (χ3n) is 1.57. The van der Waals surface area contributed by atoms with Gasteiger partial charge in [0.15, 0.2) is 0 Å². The van der Waals surface area contributed by atoms with Crippen molar-refractivity contribution in [1.29, 1.82) is 0 Å².